The van der Waals surface area contributed by atoms with E-state index in [1.165, 1.54) is 0 Å². The number of benzene rings is 1. The van der Waals surface area contributed by atoms with Crippen molar-refractivity contribution < 1.29 is 14.1 Å². The number of hydrogen-bond acceptors (Lipinski definition) is 4. The van der Waals surface area contributed by atoms with E-state index in [9.17, 15) is 4.79 Å². The molecule has 0 spiro atoms. The average molecular weight is 259 g/mol. The van der Waals surface area contributed by atoms with Gasteiger partial charge in [-0.3, -0.25) is 4.79 Å². The fraction of sp³-hybridized carbons (Fsp3) is 0.333. The number of carbonyl (C=O) groups excluding carboxylic acids is 1. The zero-order valence-electron chi connectivity index (χ0n) is 11.4. The molecule has 0 amide bonds. The topological polar surface area (TPSA) is 52.3 Å². The molecule has 0 saturated heterocycles. The summed E-state index contributed by atoms with van der Waals surface area (Å²) in [5.74, 6) is 0.573. The predicted molar refractivity (Wildman–Crippen MR) is 71.8 cm³/mol. The van der Waals surface area contributed by atoms with Crippen LogP contribution >= 0.6 is 0 Å². The largest absolute Gasteiger partial charge is 0.466 e. The number of carbonyl (C=O) groups is 1. The number of nitrogens with zero attached hydrogens (tertiary/aromatic N) is 1. The van der Waals surface area contributed by atoms with Gasteiger partial charge in [-0.15, -0.1) is 0 Å². The number of aromatic nitrogens is 1. The van der Waals surface area contributed by atoms with Crippen molar-refractivity contribution in [1.29, 1.82) is 0 Å². The third-order valence-electron chi connectivity index (χ3n) is 2.90. The second-order valence-electron chi connectivity index (χ2n) is 4.38. The molecule has 4 nitrogen and oxygen atoms in total. The van der Waals surface area contributed by atoms with E-state index in [0.29, 0.717) is 6.61 Å². The van der Waals surface area contributed by atoms with Crippen molar-refractivity contribution in [1.82, 2.24) is 5.16 Å². The van der Waals surface area contributed by atoms with Gasteiger partial charge >= 0.3 is 5.97 Å². The molecule has 0 saturated carbocycles. The molecule has 2 aromatic rings. The number of hydrogen-bond donors (Lipinski definition) is 0. The Morgan fingerprint density at radius 2 is 2.16 bits per heavy atom. The smallest absolute Gasteiger partial charge is 0.310 e. The standard InChI is InChI=1S/C15H17NO3/c1-4-18-14(17)9-12-6-5-7-13(8-12)15-10(2)16-19-11(15)3/h5-8H,4,9H2,1-3H3. The molecular formula is C15H17NO3. The lowest BCUT2D eigenvalue weighted by Gasteiger charge is -2.05. The molecule has 0 aliphatic rings. The van der Waals surface area contributed by atoms with Crippen LogP contribution in [0.1, 0.15) is 23.9 Å². The molecule has 1 aromatic heterocycles. The van der Waals surface area contributed by atoms with Crippen molar-refractivity contribution in [2.75, 3.05) is 6.61 Å². The number of rotatable bonds is 4. The van der Waals surface area contributed by atoms with Gasteiger partial charge < -0.3 is 9.26 Å². The van der Waals surface area contributed by atoms with E-state index in [1.54, 1.807) is 6.92 Å². The third-order valence-corrected chi connectivity index (χ3v) is 2.90. The molecule has 1 aromatic carbocycles. The Balaban J connectivity index is 2.27. The Morgan fingerprint density at radius 1 is 1.37 bits per heavy atom. The fourth-order valence-corrected chi connectivity index (χ4v) is 2.11. The molecule has 0 unspecified atom stereocenters. The maximum Gasteiger partial charge on any atom is 0.310 e. The molecule has 0 fully saturated rings. The molecule has 0 aliphatic heterocycles. The number of esters is 1. The van der Waals surface area contributed by atoms with Gasteiger partial charge in [0.1, 0.15) is 5.76 Å². The van der Waals surface area contributed by atoms with Crippen LogP contribution in [-0.4, -0.2) is 17.7 Å². The van der Waals surface area contributed by atoms with Gasteiger partial charge in [-0.2, -0.15) is 0 Å². The highest BCUT2D eigenvalue weighted by Crippen LogP contribution is 2.27. The molecule has 0 radical (unpaired) electrons. The van der Waals surface area contributed by atoms with Crippen molar-refractivity contribution >= 4 is 5.97 Å². The van der Waals surface area contributed by atoms with E-state index in [0.717, 1.165) is 28.1 Å². The van der Waals surface area contributed by atoms with E-state index in [4.69, 9.17) is 9.26 Å². The van der Waals surface area contributed by atoms with Crippen molar-refractivity contribution in [2.45, 2.75) is 27.2 Å². The lowest BCUT2D eigenvalue weighted by molar-refractivity contribution is -0.142. The van der Waals surface area contributed by atoms with Crippen molar-refractivity contribution in [2.24, 2.45) is 0 Å². The first-order chi connectivity index (χ1) is 9.11. The van der Waals surface area contributed by atoms with Crippen LogP contribution in [-0.2, 0) is 16.0 Å². The Hall–Kier alpha value is -2.10. The summed E-state index contributed by atoms with van der Waals surface area (Å²) in [7, 11) is 0. The quantitative estimate of drug-likeness (QED) is 0.792. The fourth-order valence-electron chi connectivity index (χ4n) is 2.11. The number of aryl methyl sites for hydroxylation is 2. The van der Waals surface area contributed by atoms with Crippen LogP contribution in [0.25, 0.3) is 11.1 Å². The molecule has 0 aliphatic carbocycles. The minimum atomic E-state index is -0.210. The van der Waals surface area contributed by atoms with E-state index >= 15 is 0 Å². The minimum Gasteiger partial charge on any atom is -0.466 e. The van der Waals surface area contributed by atoms with Gasteiger partial charge in [0.25, 0.3) is 0 Å². The molecular weight excluding hydrogens is 242 g/mol. The maximum atomic E-state index is 11.5. The van der Waals surface area contributed by atoms with E-state index in [2.05, 4.69) is 5.16 Å². The average Bonchev–Trinajstić information content (AvgIpc) is 2.69. The summed E-state index contributed by atoms with van der Waals surface area (Å²) in [6.07, 6.45) is 0.283. The van der Waals surface area contributed by atoms with Gasteiger partial charge in [-0.25, -0.2) is 0 Å². The van der Waals surface area contributed by atoms with Crippen LogP contribution in [0.3, 0.4) is 0 Å². The summed E-state index contributed by atoms with van der Waals surface area (Å²) >= 11 is 0. The molecule has 0 bridgehead atoms. The van der Waals surface area contributed by atoms with Crippen LogP contribution in [0, 0.1) is 13.8 Å². The van der Waals surface area contributed by atoms with Gasteiger partial charge in [0.05, 0.1) is 18.7 Å². The SMILES string of the molecule is CCOC(=O)Cc1cccc(-c2c(C)noc2C)c1. The highest BCUT2D eigenvalue weighted by atomic mass is 16.5. The Kier molecular flexibility index (Phi) is 4.00. The van der Waals surface area contributed by atoms with Gasteiger partial charge in [0.15, 0.2) is 0 Å². The predicted octanol–water partition coefficient (Wildman–Crippen LogP) is 3.06. The zero-order valence-corrected chi connectivity index (χ0v) is 11.4. The van der Waals surface area contributed by atoms with Crippen LogP contribution in [0.2, 0.25) is 0 Å². The van der Waals surface area contributed by atoms with Gasteiger partial charge in [0.2, 0.25) is 0 Å². The van der Waals surface area contributed by atoms with Gasteiger partial charge in [0, 0.05) is 5.56 Å². The summed E-state index contributed by atoms with van der Waals surface area (Å²) in [5, 5.41) is 3.95. The summed E-state index contributed by atoms with van der Waals surface area (Å²) in [4.78, 5) is 11.5. The monoisotopic (exact) mass is 259 g/mol. The van der Waals surface area contributed by atoms with Crippen molar-refractivity contribution in [3.05, 3.63) is 41.3 Å². The first kappa shape index (κ1) is 13.3. The second kappa shape index (κ2) is 5.69. The van der Waals surface area contributed by atoms with Crippen molar-refractivity contribution in [3.63, 3.8) is 0 Å². The molecule has 0 atom stereocenters. The summed E-state index contributed by atoms with van der Waals surface area (Å²) in [6, 6.07) is 7.80. The second-order valence-corrected chi connectivity index (χ2v) is 4.38. The zero-order chi connectivity index (χ0) is 13.8. The molecule has 19 heavy (non-hydrogen) atoms. The van der Waals surface area contributed by atoms with E-state index in [1.807, 2.05) is 38.1 Å². The third kappa shape index (κ3) is 3.02. The van der Waals surface area contributed by atoms with Crippen LogP contribution < -0.4 is 0 Å². The first-order valence-corrected chi connectivity index (χ1v) is 6.29. The number of ether oxygens (including phenoxy) is 1. The molecule has 1 heterocycles. The Bertz CT molecular complexity index is 567. The summed E-state index contributed by atoms with van der Waals surface area (Å²) < 4.78 is 10.1. The Morgan fingerprint density at radius 3 is 2.79 bits per heavy atom. The van der Waals surface area contributed by atoms with Gasteiger partial charge in [-0.05, 0) is 31.9 Å². The normalized spacial score (nSPS) is 10.5. The van der Waals surface area contributed by atoms with Crippen LogP contribution in [0.5, 0.6) is 0 Å². The van der Waals surface area contributed by atoms with E-state index < -0.39 is 0 Å². The highest BCUT2D eigenvalue weighted by molar-refractivity contribution is 5.74. The van der Waals surface area contributed by atoms with Crippen molar-refractivity contribution in [3.8, 4) is 11.1 Å². The summed E-state index contributed by atoms with van der Waals surface area (Å²) in [5.41, 5.74) is 3.78. The molecule has 100 valence electrons. The molecule has 2 rings (SSSR count). The highest BCUT2D eigenvalue weighted by Gasteiger charge is 2.12. The maximum absolute atomic E-state index is 11.5. The molecule has 0 N–H and O–H groups in total. The van der Waals surface area contributed by atoms with E-state index in [-0.39, 0.29) is 12.4 Å². The Labute approximate surface area is 112 Å². The van der Waals surface area contributed by atoms with Crippen LogP contribution in [0.4, 0.5) is 0 Å². The molecule has 4 heteroatoms. The lowest BCUT2D eigenvalue weighted by Crippen LogP contribution is -2.07. The first-order valence-electron chi connectivity index (χ1n) is 6.29. The van der Waals surface area contributed by atoms with Crippen LogP contribution in [0.15, 0.2) is 28.8 Å². The lowest BCUT2D eigenvalue weighted by atomic mass is 10.0. The summed E-state index contributed by atoms with van der Waals surface area (Å²) in [6.45, 7) is 6.00. The van der Waals surface area contributed by atoms with Gasteiger partial charge in [-0.1, -0.05) is 29.4 Å². The minimum absolute atomic E-state index is 0.210.